The van der Waals surface area contributed by atoms with Crippen LogP contribution in [0.25, 0.3) is 0 Å². The summed E-state index contributed by atoms with van der Waals surface area (Å²) in [5.41, 5.74) is 2.70. The molecule has 1 aliphatic heterocycles. The fourth-order valence-corrected chi connectivity index (χ4v) is 3.67. The smallest absolute Gasteiger partial charge is 0.240 e. The predicted octanol–water partition coefficient (Wildman–Crippen LogP) is 3.83. The number of aliphatic imine (C=N–C) groups is 1. The van der Waals surface area contributed by atoms with Crippen molar-refractivity contribution in [3.05, 3.63) is 59.2 Å². The fourth-order valence-electron chi connectivity index (χ4n) is 2.69. The summed E-state index contributed by atoms with van der Waals surface area (Å²) in [6.45, 7) is 3.91. The summed E-state index contributed by atoms with van der Waals surface area (Å²) in [5.74, 6) is -2.48. The number of aryl methyl sites for hydroxylation is 2. The van der Waals surface area contributed by atoms with E-state index in [-0.39, 0.29) is 18.0 Å². The molecule has 140 valence electrons. The second-order valence-corrected chi connectivity index (χ2v) is 7.43. The number of rotatable bonds is 4. The third kappa shape index (κ3) is 4.91. The van der Waals surface area contributed by atoms with Crippen LogP contribution < -0.4 is 10.6 Å². The largest absolute Gasteiger partial charge is 0.324 e. The number of nitrogens with zero attached hydrogens (tertiary/aromatic N) is 1. The molecule has 1 atom stereocenters. The number of hydrogen-bond donors (Lipinski definition) is 2. The zero-order chi connectivity index (χ0) is 19.6. The molecular weight excluding hydrogens is 372 g/mol. The van der Waals surface area contributed by atoms with Gasteiger partial charge in [-0.05, 0) is 49.2 Å². The molecule has 27 heavy (non-hydrogen) atoms. The van der Waals surface area contributed by atoms with E-state index < -0.39 is 22.8 Å². The Balaban J connectivity index is 1.65. The van der Waals surface area contributed by atoms with Gasteiger partial charge in [0, 0.05) is 12.5 Å². The molecular formula is C19H17F2N3O2S. The number of anilines is 1. The molecule has 1 saturated heterocycles. The van der Waals surface area contributed by atoms with Crippen LogP contribution in [0.5, 0.6) is 0 Å². The fraction of sp³-hybridized carbons (Fsp3) is 0.211. The minimum absolute atomic E-state index is 0.131. The molecule has 2 amide bonds. The molecule has 0 unspecified atom stereocenters. The van der Waals surface area contributed by atoms with Gasteiger partial charge in [0.1, 0.15) is 16.9 Å². The molecule has 0 bridgehead atoms. The number of amidine groups is 1. The van der Waals surface area contributed by atoms with Crippen LogP contribution in [-0.2, 0) is 9.59 Å². The van der Waals surface area contributed by atoms with Gasteiger partial charge in [-0.25, -0.2) is 13.8 Å². The third-order valence-electron chi connectivity index (χ3n) is 3.79. The third-order valence-corrected chi connectivity index (χ3v) is 4.87. The Bertz CT molecular complexity index is 926. The van der Waals surface area contributed by atoms with Crippen LogP contribution in [0.4, 0.5) is 20.2 Å². The number of amides is 2. The molecule has 2 aromatic rings. The summed E-state index contributed by atoms with van der Waals surface area (Å²) in [6, 6.07) is 8.67. The average Bonchev–Trinajstić information content (AvgIpc) is 2.88. The molecule has 0 saturated carbocycles. The van der Waals surface area contributed by atoms with Gasteiger partial charge in [-0.15, -0.1) is 0 Å². The first-order valence-corrected chi connectivity index (χ1v) is 9.07. The topological polar surface area (TPSA) is 70.6 Å². The molecule has 2 N–H and O–H groups in total. The van der Waals surface area contributed by atoms with E-state index in [9.17, 15) is 18.4 Å². The second-order valence-electron chi connectivity index (χ2n) is 6.24. The van der Waals surface area contributed by atoms with Crippen LogP contribution in [-0.4, -0.2) is 22.2 Å². The SMILES string of the molecule is Cc1cc(C)cc(N=C2NC(=O)[C@H](CC(=O)Nc3ccc(F)cc3F)S2)c1. The predicted molar refractivity (Wildman–Crippen MR) is 102 cm³/mol. The maximum absolute atomic E-state index is 13.6. The molecule has 0 aliphatic carbocycles. The zero-order valence-electron chi connectivity index (χ0n) is 14.7. The highest BCUT2D eigenvalue weighted by Crippen LogP contribution is 2.26. The summed E-state index contributed by atoms with van der Waals surface area (Å²) in [5, 5.41) is 4.74. The summed E-state index contributed by atoms with van der Waals surface area (Å²) in [4.78, 5) is 28.6. The van der Waals surface area contributed by atoms with E-state index in [0.717, 1.165) is 35.0 Å². The second kappa shape index (κ2) is 7.87. The van der Waals surface area contributed by atoms with Gasteiger partial charge in [-0.3, -0.25) is 9.59 Å². The molecule has 1 aliphatic rings. The lowest BCUT2D eigenvalue weighted by Crippen LogP contribution is -2.28. The van der Waals surface area contributed by atoms with Crippen molar-refractivity contribution < 1.29 is 18.4 Å². The molecule has 0 radical (unpaired) electrons. The highest BCUT2D eigenvalue weighted by atomic mass is 32.2. The van der Waals surface area contributed by atoms with E-state index in [4.69, 9.17) is 0 Å². The number of nitrogens with one attached hydrogen (secondary N) is 2. The molecule has 3 rings (SSSR count). The Labute approximate surface area is 159 Å². The highest BCUT2D eigenvalue weighted by molar-refractivity contribution is 8.15. The number of carbonyl (C=O) groups excluding carboxylic acids is 2. The lowest BCUT2D eigenvalue weighted by molar-refractivity contribution is -0.122. The summed E-state index contributed by atoms with van der Waals surface area (Å²) < 4.78 is 26.5. The van der Waals surface area contributed by atoms with Gasteiger partial charge in [0.05, 0.1) is 11.4 Å². The van der Waals surface area contributed by atoms with Crippen LogP contribution in [0.2, 0.25) is 0 Å². The van der Waals surface area contributed by atoms with Crippen molar-refractivity contribution in [1.82, 2.24) is 5.32 Å². The first-order chi connectivity index (χ1) is 12.8. The minimum Gasteiger partial charge on any atom is -0.324 e. The Morgan fingerprint density at radius 1 is 1.19 bits per heavy atom. The molecule has 0 spiro atoms. The maximum Gasteiger partial charge on any atom is 0.240 e. The first-order valence-electron chi connectivity index (χ1n) is 8.19. The van der Waals surface area contributed by atoms with E-state index in [1.54, 1.807) is 0 Å². The van der Waals surface area contributed by atoms with Crippen molar-refractivity contribution in [1.29, 1.82) is 0 Å². The molecule has 8 heteroatoms. The van der Waals surface area contributed by atoms with Crippen molar-refractivity contribution in [2.45, 2.75) is 25.5 Å². The minimum atomic E-state index is -0.871. The Morgan fingerprint density at radius 3 is 2.56 bits per heavy atom. The highest BCUT2D eigenvalue weighted by Gasteiger charge is 2.32. The molecule has 0 aromatic heterocycles. The Morgan fingerprint density at radius 2 is 1.89 bits per heavy atom. The van der Waals surface area contributed by atoms with Crippen molar-refractivity contribution in [2.24, 2.45) is 4.99 Å². The normalized spacial score (nSPS) is 17.9. The lowest BCUT2D eigenvalue weighted by atomic mass is 10.1. The van der Waals surface area contributed by atoms with Crippen LogP contribution in [0.1, 0.15) is 17.5 Å². The average molecular weight is 389 g/mol. The quantitative estimate of drug-likeness (QED) is 0.835. The van der Waals surface area contributed by atoms with Crippen molar-refractivity contribution in [3.63, 3.8) is 0 Å². The standard InChI is InChI=1S/C19H17F2N3O2S/c1-10-5-11(2)7-13(6-10)22-19-24-18(26)16(27-19)9-17(25)23-15-4-3-12(20)8-14(15)21/h3-8,16H,9H2,1-2H3,(H,23,25)(H,22,24,26)/t16-/m0/s1. The molecule has 2 aromatic carbocycles. The molecule has 5 nitrogen and oxygen atoms in total. The van der Waals surface area contributed by atoms with E-state index in [0.29, 0.717) is 16.9 Å². The van der Waals surface area contributed by atoms with Crippen LogP contribution >= 0.6 is 11.8 Å². The van der Waals surface area contributed by atoms with Crippen LogP contribution in [0, 0.1) is 25.5 Å². The molecule has 1 heterocycles. The number of carbonyl (C=O) groups is 2. The lowest BCUT2D eigenvalue weighted by Gasteiger charge is -2.08. The van der Waals surface area contributed by atoms with Gasteiger partial charge in [0.2, 0.25) is 11.8 Å². The number of hydrogen-bond acceptors (Lipinski definition) is 4. The van der Waals surface area contributed by atoms with E-state index in [2.05, 4.69) is 15.6 Å². The van der Waals surface area contributed by atoms with Crippen LogP contribution in [0.15, 0.2) is 41.4 Å². The number of halogens is 2. The van der Waals surface area contributed by atoms with E-state index in [1.807, 2.05) is 32.0 Å². The first kappa shape index (κ1) is 19.0. The van der Waals surface area contributed by atoms with Gasteiger partial charge in [-0.2, -0.15) is 0 Å². The number of thioether (sulfide) groups is 1. The van der Waals surface area contributed by atoms with Gasteiger partial charge in [-0.1, -0.05) is 17.8 Å². The number of benzene rings is 2. The molecule has 1 fully saturated rings. The Kier molecular flexibility index (Phi) is 5.55. The van der Waals surface area contributed by atoms with Crippen molar-refractivity contribution in [2.75, 3.05) is 5.32 Å². The van der Waals surface area contributed by atoms with Gasteiger partial charge in [0.15, 0.2) is 5.17 Å². The van der Waals surface area contributed by atoms with Crippen molar-refractivity contribution in [3.8, 4) is 0 Å². The van der Waals surface area contributed by atoms with E-state index in [1.165, 1.54) is 0 Å². The summed E-state index contributed by atoms with van der Waals surface area (Å²) in [6.07, 6.45) is -0.154. The monoisotopic (exact) mass is 389 g/mol. The van der Waals surface area contributed by atoms with E-state index >= 15 is 0 Å². The van der Waals surface area contributed by atoms with Gasteiger partial charge in [0.25, 0.3) is 0 Å². The summed E-state index contributed by atoms with van der Waals surface area (Å²) in [7, 11) is 0. The van der Waals surface area contributed by atoms with Gasteiger partial charge >= 0.3 is 0 Å². The zero-order valence-corrected chi connectivity index (χ0v) is 15.5. The maximum atomic E-state index is 13.6. The van der Waals surface area contributed by atoms with Crippen LogP contribution in [0.3, 0.4) is 0 Å². The Hall–Kier alpha value is -2.74. The summed E-state index contributed by atoms with van der Waals surface area (Å²) >= 11 is 1.15. The van der Waals surface area contributed by atoms with Crippen molar-refractivity contribution >= 4 is 40.1 Å². The van der Waals surface area contributed by atoms with Gasteiger partial charge < -0.3 is 10.6 Å².